The average molecular weight is 371 g/mol. The highest BCUT2D eigenvalue weighted by molar-refractivity contribution is 8.08. The summed E-state index contributed by atoms with van der Waals surface area (Å²) in [6.07, 6.45) is -4.35. The van der Waals surface area contributed by atoms with E-state index in [1.54, 1.807) is 18.2 Å². The molecular formula is C21H16F3NS. The highest BCUT2D eigenvalue weighted by atomic mass is 32.2. The van der Waals surface area contributed by atoms with Gasteiger partial charge in [0.15, 0.2) is 0 Å². The number of para-hydroxylation sites is 1. The molecule has 0 aromatic heterocycles. The van der Waals surface area contributed by atoms with Gasteiger partial charge in [-0.2, -0.15) is 13.2 Å². The van der Waals surface area contributed by atoms with E-state index >= 15 is 0 Å². The molecule has 1 nitrogen and oxygen atoms in total. The fourth-order valence-electron chi connectivity index (χ4n) is 2.49. The molecule has 5 heteroatoms. The quantitative estimate of drug-likeness (QED) is 0.407. The zero-order valence-corrected chi connectivity index (χ0v) is 14.6. The summed E-state index contributed by atoms with van der Waals surface area (Å²) in [5.41, 5.74) is 8.11. The third kappa shape index (κ3) is 4.11. The third-order valence-electron chi connectivity index (χ3n) is 3.88. The number of rotatable bonds is 4. The molecule has 0 aliphatic carbocycles. The van der Waals surface area contributed by atoms with Crippen LogP contribution in [0.1, 0.15) is 11.1 Å². The van der Waals surface area contributed by atoms with E-state index in [-0.39, 0.29) is 0 Å². The lowest BCUT2D eigenvalue weighted by atomic mass is 10.0. The molecule has 0 atom stereocenters. The summed E-state index contributed by atoms with van der Waals surface area (Å²) in [7, 11) is 0. The van der Waals surface area contributed by atoms with Crippen LogP contribution in [-0.2, 0) is 6.18 Å². The lowest BCUT2D eigenvalue weighted by molar-refractivity contribution is -0.137. The van der Waals surface area contributed by atoms with Crippen LogP contribution in [0.2, 0.25) is 0 Å². The van der Waals surface area contributed by atoms with Crippen LogP contribution in [0, 0.1) is 0 Å². The van der Waals surface area contributed by atoms with Crippen molar-refractivity contribution in [3.05, 3.63) is 90.5 Å². The summed E-state index contributed by atoms with van der Waals surface area (Å²) in [4.78, 5) is 1.73. The van der Waals surface area contributed by atoms with Crippen molar-refractivity contribution in [1.82, 2.24) is 0 Å². The second-order valence-corrected chi connectivity index (χ2v) is 6.86. The number of nitrogens with two attached hydrogens (primary N) is 1. The van der Waals surface area contributed by atoms with E-state index in [1.807, 2.05) is 36.4 Å². The van der Waals surface area contributed by atoms with Crippen LogP contribution < -0.4 is 5.73 Å². The number of hydrogen-bond donors (Lipinski definition) is 1. The predicted molar refractivity (Wildman–Crippen MR) is 103 cm³/mol. The highest BCUT2D eigenvalue weighted by Gasteiger charge is 2.30. The van der Waals surface area contributed by atoms with Crippen LogP contribution in [-0.4, -0.2) is 0 Å². The first-order valence-corrected chi connectivity index (χ1v) is 8.65. The maximum atomic E-state index is 12.9. The second kappa shape index (κ2) is 7.30. The summed E-state index contributed by atoms with van der Waals surface area (Å²) < 4.78 is 38.6. The number of anilines is 1. The molecule has 0 saturated heterocycles. The molecule has 0 aliphatic heterocycles. The van der Waals surface area contributed by atoms with Crippen molar-refractivity contribution < 1.29 is 13.2 Å². The SMILES string of the molecule is C=C(Sc1ccccc1N)c1ccc(-c2cccc(C(F)(F)F)c2)cc1. The molecular weight excluding hydrogens is 355 g/mol. The molecule has 3 aromatic rings. The van der Waals surface area contributed by atoms with Crippen molar-refractivity contribution in [2.45, 2.75) is 11.1 Å². The van der Waals surface area contributed by atoms with Gasteiger partial charge in [0.2, 0.25) is 0 Å². The summed E-state index contributed by atoms with van der Waals surface area (Å²) in [6.45, 7) is 4.07. The van der Waals surface area contributed by atoms with Crippen molar-refractivity contribution in [2.24, 2.45) is 0 Å². The Morgan fingerprint density at radius 1 is 0.846 bits per heavy atom. The standard InChI is InChI=1S/C21H16F3NS/c1-14(26-20-8-3-2-7-19(20)25)15-9-11-16(12-10-15)17-5-4-6-18(13-17)21(22,23)24/h2-13H,1,25H2. The molecule has 3 rings (SSSR count). The van der Waals surface area contributed by atoms with Crippen LogP contribution in [0.5, 0.6) is 0 Å². The summed E-state index contributed by atoms with van der Waals surface area (Å²) in [5, 5.41) is 0. The number of nitrogen functional groups attached to an aromatic ring is 1. The van der Waals surface area contributed by atoms with Crippen molar-refractivity contribution in [3.8, 4) is 11.1 Å². The van der Waals surface area contributed by atoms with Gasteiger partial charge in [0, 0.05) is 15.5 Å². The van der Waals surface area contributed by atoms with Crippen molar-refractivity contribution >= 4 is 22.4 Å². The number of thioether (sulfide) groups is 1. The summed E-state index contributed by atoms with van der Waals surface area (Å²) in [6, 6.07) is 20.1. The van der Waals surface area contributed by atoms with Gasteiger partial charge < -0.3 is 5.73 Å². The van der Waals surface area contributed by atoms with Gasteiger partial charge in [0.1, 0.15) is 0 Å². The maximum absolute atomic E-state index is 12.9. The molecule has 0 bridgehead atoms. The Hall–Kier alpha value is -2.66. The van der Waals surface area contributed by atoms with Crippen LogP contribution in [0.3, 0.4) is 0 Å². The highest BCUT2D eigenvalue weighted by Crippen LogP contribution is 2.37. The topological polar surface area (TPSA) is 26.0 Å². The molecule has 2 N–H and O–H groups in total. The van der Waals surface area contributed by atoms with Gasteiger partial charge in [0.25, 0.3) is 0 Å². The fourth-order valence-corrected chi connectivity index (χ4v) is 3.34. The predicted octanol–water partition coefficient (Wildman–Crippen LogP) is 6.72. The number of hydrogen-bond acceptors (Lipinski definition) is 2. The Morgan fingerprint density at radius 2 is 1.54 bits per heavy atom. The molecule has 0 heterocycles. The molecule has 26 heavy (non-hydrogen) atoms. The average Bonchev–Trinajstić information content (AvgIpc) is 2.63. The van der Waals surface area contributed by atoms with Crippen molar-refractivity contribution in [1.29, 1.82) is 0 Å². The van der Waals surface area contributed by atoms with Crippen molar-refractivity contribution in [2.75, 3.05) is 5.73 Å². The summed E-state index contributed by atoms with van der Waals surface area (Å²) in [5.74, 6) is 0. The largest absolute Gasteiger partial charge is 0.416 e. The Balaban J connectivity index is 1.81. The first kappa shape index (κ1) is 18.1. The zero-order valence-electron chi connectivity index (χ0n) is 13.8. The first-order chi connectivity index (χ1) is 12.3. The van der Waals surface area contributed by atoms with Crippen molar-refractivity contribution in [3.63, 3.8) is 0 Å². The lowest BCUT2D eigenvalue weighted by Crippen LogP contribution is -2.04. The number of halogens is 3. The minimum atomic E-state index is -4.35. The van der Waals surface area contributed by atoms with E-state index in [1.165, 1.54) is 17.8 Å². The molecule has 0 radical (unpaired) electrons. The summed E-state index contributed by atoms with van der Waals surface area (Å²) >= 11 is 1.46. The number of benzene rings is 3. The van der Waals surface area contributed by atoms with Gasteiger partial charge in [-0.15, -0.1) is 0 Å². The maximum Gasteiger partial charge on any atom is 0.416 e. The smallest absolute Gasteiger partial charge is 0.398 e. The van der Waals surface area contributed by atoms with E-state index in [9.17, 15) is 13.2 Å². The molecule has 132 valence electrons. The van der Waals surface area contributed by atoms with Crippen LogP contribution in [0.15, 0.2) is 84.3 Å². The Bertz CT molecular complexity index is 930. The molecule has 0 spiro atoms. The normalized spacial score (nSPS) is 11.3. The van der Waals surface area contributed by atoms with Gasteiger partial charge >= 0.3 is 6.18 Å². The number of alkyl halides is 3. The van der Waals surface area contributed by atoms with Gasteiger partial charge in [0.05, 0.1) is 5.56 Å². The Kier molecular flexibility index (Phi) is 5.09. The van der Waals surface area contributed by atoms with Gasteiger partial charge in [-0.25, -0.2) is 0 Å². The van der Waals surface area contributed by atoms with Crippen LogP contribution >= 0.6 is 11.8 Å². The zero-order chi connectivity index (χ0) is 18.7. The van der Waals surface area contributed by atoms with E-state index in [0.29, 0.717) is 11.3 Å². The fraction of sp³-hybridized carbons (Fsp3) is 0.0476. The van der Waals surface area contributed by atoms with E-state index in [2.05, 4.69) is 6.58 Å². The van der Waals surface area contributed by atoms with E-state index in [0.717, 1.165) is 33.1 Å². The minimum absolute atomic E-state index is 0.525. The monoisotopic (exact) mass is 371 g/mol. The first-order valence-electron chi connectivity index (χ1n) is 7.84. The molecule has 0 amide bonds. The molecule has 0 unspecified atom stereocenters. The van der Waals surface area contributed by atoms with E-state index in [4.69, 9.17) is 5.73 Å². The Morgan fingerprint density at radius 3 is 2.19 bits per heavy atom. The van der Waals surface area contributed by atoms with Gasteiger partial charge in [-0.05, 0) is 41.0 Å². The molecule has 0 fully saturated rings. The van der Waals surface area contributed by atoms with Gasteiger partial charge in [-0.1, -0.05) is 66.9 Å². The molecule has 0 aliphatic rings. The Labute approximate surface area is 154 Å². The third-order valence-corrected chi connectivity index (χ3v) is 4.96. The van der Waals surface area contributed by atoms with Gasteiger partial charge in [-0.3, -0.25) is 0 Å². The van der Waals surface area contributed by atoms with Crippen LogP contribution in [0.4, 0.5) is 18.9 Å². The molecule has 0 saturated carbocycles. The minimum Gasteiger partial charge on any atom is -0.398 e. The van der Waals surface area contributed by atoms with Crippen LogP contribution in [0.25, 0.3) is 16.0 Å². The van der Waals surface area contributed by atoms with E-state index < -0.39 is 11.7 Å². The lowest BCUT2D eigenvalue weighted by Gasteiger charge is -2.11. The molecule has 3 aromatic carbocycles. The second-order valence-electron chi connectivity index (χ2n) is 5.72.